The van der Waals surface area contributed by atoms with Crippen molar-refractivity contribution < 1.29 is 9.59 Å². The molecule has 33 heavy (non-hydrogen) atoms. The molecule has 1 aliphatic heterocycles. The minimum Gasteiger partial charge on any atom is -0.356 e. The molecule has 0 spiro atoms. The van der Waals surface area contributed by atoms with Gasteiger partial charge in [-0.3, -0.25) is 9.59 Å². The zero-order valence-corrected chi connectivity index (χ0v) is 19.6. The molecule has 0 aromatic carbocycles. The van der Waals surface area contributed by atoms with E-state index in [1.54, 1.807) is 29.2 Å². The second kappa shape index (κ2) is 9.08. The topological polar surface area (TPSA) is 122 Å². The maximum atomic E-state index is 13.3. The molecule has 3 aromatic heterocycles. The summed E-state index contributed by atoms with van der Waals surface area (Å²) in [6.45, 7) is 8.94. The highest BCUT2D eigenvalue weighted by atomic mass is 16.2. The van der Waals surface area contributed by atoms with Crippen LogP contribution in [0.4, 0.5) is 5.82 Å². The van der Waals surface area contributed by atoms with Crippen molar-refractivity contribution in [1.29, 1.82) is 0 Å². The van der Waals surface area contributed by atoms with Gasteiger partial charge in [-0.1, -0.05) is 6.92 Å². The fraction of sp³-hybridized carbons (Fsp3) is 0.500. The van der Waals surface area contributed by atoms with E-state index in [-0.39, 0.29) is 24.4 Å². The van der Waals surface area contributed by atoms with Gasteiger partial charge in [-0.25, -0.2) is 24.9 Å². The van der Waals surface area contributed by atoms with Gasteiger partial charge in [-0.05, 0) is 27.2 Å². The first kappa shape index (κ1) is 22.6. The van der Waals surface area contributed by atoms with Gasteiger partial charge < -0.3 is 19.7 Å². The van der Waals surface area contributed by atoms with Crippen molar-refractivity contribution in [3.63, 3.8) is 0 Å². The Morgan fingerprint density at radius 3 is 2.58 bits per heavy atom. The standard InChI is InChI=1S/C22H29N9O2/c1-6-16(22(33)30-10-13(3)29(5)17(32)11-30)27-19-18-21(26-12-25-19)31(7-2)20(28-18)15-8-23-14(4)24-9-15/h8-9,12-13,16H,6-7,10-11H2,1-5H3,(H,25,26,27)/t13-,16?/m1/s1. The number of hydrogen-bond donors (Lipinski definition) is 1. The fourth-order valence-electron chi connectivity index (χ4n) is 3.99. The van der Waals surface area contributed by atoms with Crippen molar-refractivity contribution in [3.05, 3.63) is 24.5 Å². The number of piperazine rings is 1. The third kappa shape index (κ3) is 4.22. The van der Waals surface area contributed by atoms with Crippen LogP contribution in [0.25, 0.3) is 22.6 Å². The maximum absolute atomic E-state index is 13.3. The number of likely N-dealkylation sites (N-methyl/N-ethyl adjacent to an activating group) is 1. The number of carbonyl (C=O) groups excluding carboxylic acids is 2. The summed E-state index contributed by atoms with van der Waals surface area (Å²) >= 11 is 0. The number of nitrogens with one attached hydrogen (secondary N) is 1. The first-order valence-electron chi connectivity index (χ1n) is 11.1. The molecule has 0 bridgehead atoms. The maximum Gasteiger partial charge on any atom is 0.245 e. The average molecular weight is 452 g/mol. The molecule has 4 rings (SSSR count). The van der Waals surface area contributed by atoms with Gasteiger partial charge in [0.2, 0.25) is 11.8 Å². The Kier molecular flexibility index (Phi) is 6.21. The Hall–Kier alpha value is -3.63. The summed E-state index contributed by atoms with van der Waals surface area (Å²) in [5.74, 6) is 1.66. The number of hydrogen-bond acceptors (Lipinski definition) is 8. The van der Waals surface area contributed by atoms with Crippen molar-refractivity contribution in [2.75, 3.05) is 25.5 Å². The first-order chi connectivity index (χ1) is 15.8. The van der Waals surface area contributed by atoms with E-state index >= 15 is 0 Å². The van der Waals surface area contributed by atoms with Crippen LogP contribution in [0.5, 0.6) is 0 Å². The Bertz CT molecular complexity index is 1170. The largest absolute Gasteiger partial charge is 0.356 e. The lowest BCUT2D eigenvalue weighted by Crippen LogP contribution is -2.57. The number of rotatable bonds is 6. The Labute approximate surface area is 192 Å². The number of anilines is 1. The number of fused-ring (bicyclic) bond motifs is 1. The fourth-order valence-corrected chi connectivity index (χ4v) is 3.99. The first-order valence-corrected chi connectivity index (χ1v) is 11.1. The second-order valence-corrected chi connectivity index (χ2v) is 8.27. The van der Waals surface area contributed by atoms with Crippen LogP contribution in [-0.2, 0) is 16.1 Å². The van der Waals surface area contributed by atoms with Gasteiger partial charge in [0.15, 0.2) is 17.0 Å². The van der Waals surface area contributed by atoms with Crippen LogP contribution in [0, 0.1) is 6.92 Å². The van der Waals surface area contributed by atoms with Gasteiger partial charge in [0.25, 0.3) is 0 Å². The van der Waals surface area contributed by atoms with Gasteiger partial charge in [0.05, 0.1) is 12.1 Å². The molecular formula is C22H29N9O2. The number of imidazole rings is 1. The van der Waals surface area contributed by atoms with E-state index in [0.29, 0.717) is 48.1 Å². The van der Waals surface area contributed by atoms with Gasteiger partial charge in [0.1, 0.15) is 24.0 Å². The number of carbonyl (C=O) groups is 2. The lowest BCUT2D eigenvalue weighted by molar-refractivity contribution is -0.147. The summed E-state index contributed by atoms with van der Waals surface area (Å²) in [6.07, 6.45) is 5.47. The lowest BCUT2D eigenvalue weighted by Gasteiger charge is -2.38. The normalized spacial score (nSPS) is 17.5. The average Bonchev–Trinajstić information content (AvgIpc) is 3.20. The molecule has 3 aromatic rings. The summed E-state index contributed by atoms with van der Waals surface area (Å²) < 4.78 is 1.97. The molecule has 4 heterocycles. The number of aromatic nitrogens is 6. The highest BCUT2D eigenvalue weighted by molar-refractivity contribution is 5.92. The highest BCUT2D eigenvalue weighted by Gasteiger charge is 2.33. The Balaban J connectivity index is 1.66. The molecule has 1 saturated heterocycles. The van der Waals surface area contributed by atoms with Crippen molar-refractivity contribution in [3.8, 4) is 11.4 Å². The van der Waals surface area contributed by atoms with E-state index in [4.69, 9.17) is 4.98 Å². The summed E-state index contributed by atoms with van der Waals surface area (Å²) in [4.78, 5) is 51.0. The van der Waals surface area contributed by atoms with Gasteiger partial charge in [-0.15, -0.1) is 0 Å². The predicted octanol–water partition coefficient (Wildman–Crippen LogP) is 1.49. The zero-order chi connectivity index (χ0) is 23.7. The third-order valence-electron chi connectivity index (χ3n) is 6.08. The van der Waals surface area contributed by atoms with E-state index in [1.165, 1.54) is 6.33 Å². The van der Waals surface area contributed by atoms with Crippen LogP contribution in [0.2, 0.25) is 0 Å². The second-order valence-electron chi connectivity index (χ2n) is 8.27. The highest BCUT2D eigenvalue weighted by Crippen LogP contribution is 2.27. The van der Waals surface area contributed by atoms with E-state index in [9.17, 15) is 9.59 Å². The van der Waals surface area contributed by atoms with Crippen LogP contribution >= 0.6 is 0 Å². The number of aryl methyl sites for hydroxylation is 2. The van der Waals surface area contributed by atoms with Crippen molar-refractivity contribution >= 4 is 28.8 Å². The quantitative estimate of drug-likeness (QED) is 0.598. The van der Waals surface area contributed by atoms with Gasteiger partial charge in [-0.2, -0.15) is 0 Å². The molecule has 174 valence electrons. The van der Waals surface area contributed by atoms with E-state index in [0.717, 1.165) is 5.56 Å². The van der Waals surface area contributed by atoms with Crippen LogP contribution in [0.15, 0.2) is 18.7 Å². The zero-order valence-electron chi connectivity index (χ0n) is 19.6. The van der Waals surface area contributed by atoms with Crippen molar-refractivity contribution in [1.82, 2.24) is 39.3 Å². The third-order valence-corrected chi connectivity index (χ3v) is 6.08. The van der Waals surface area contributed by atoms with Crippen molar-refractivity contribution in [2.24, 2.45) is 0 Å². The summed E-state index contributed by atoms with van der Waals surface area (Å²) in [6, 6.07) is -0.567. The lowest BCUT2D eigenvalue weighted by atomic mass is 10.1. The van der Waals surface area contributed by atoms with Crippen LogP contribution in [-0.4, -0.2) is 83.3 Å². The number of amides is 2. The summed E-state index contributed by atoms with van der Waals surface area (Å²) in [5, 5.41) is 3.26. The molecular weight excluding hydrogens is 422 g/mol. The minimum atomic E-state index is -0.538. The van der Waals surface area contributed by atoms with Crippen LogP contribution in [0.3, 0.4) is 0 Å². The molecule has 11 nitrogen and oxygen atoms in total. The SMILES string of the molecule is CCC(Nc1ncnc2c1nc(-c1cnc(C)nc1)n2CC)C(=O)N1CC(=O)N(C)[C@H](C)C1. The van der Waals surface area contributed by atoms with E-state index in [2.05, 4.69) is 25.3 Å². The molecule has 11 heteroatoms. The molecule has 1 aliphatic rings. The molecule has 0 radical (unpaired) electrons. The molecule has 2 amide bonds. The molecule has 1 N–H and O–H groups in total. The van der Waals surface area contributed by atoms with Crippen LogP contribution < -0.4 is 5.32 Å². The monoisotopic (exact) mass is 451 g/mol. The molecule has 1 fully saturated rings. The Morgan fingerprint density at radius 2 is 1.94 bits per heavy atom. The van der Waals surface area contributed by atoms with E-state index < -0.39 is 6.04 Å². The molecule has 0 saturated carbocycles. The van der Waals surface area contributed by atoms with Crippen molar-refractivity contribution in [2.45, 2.75) is 52.7 Å². The molecule has 2 atom stereocenters. The Morgan fingerprint density at radius 1 is 1.21 bits per heavy atom. The summed E-state index contributed by atoms with van der Waals surface area (Å²) in [7, 11) is 1.77. The minimum absolute atomic E-state index is 0.0296. The van der Waals surface area contributed by atoms with Gasteiger partial charge in [0, 0.05) is 38.6 Å². The van der Waals surface area contributed by atoms with Gasteiger partial charge >= 0.3 is 0 Å². The van der Waals surface area contributed by atoms with Crippen LogP contribution in [0.1, 0.15) is 33.0 Å². The molecule has 0 aliphatic carbocycles. The smallest absolute Gasteiger partial charge is 0.245 e. The molecule has 1 unspecified atom stereocenters. The number of nitrogens with zero attached hydrogens (tertiary/aromatic N) is 8. The van der Waals surface area contributed by atoms with E-state index in [1.807, 2.05) is 32.3 Å². The summed E-state index contributed by atoms with van der Waals surface area (Å²) in [5.41, 5.74) is 2.01. The predicted molar refractivity (Wildman–Crippen MR) is 123 cm³/mol.